The molecule has 0 bridgehead atoms. The Kier molecular flexibility index (Phi) is 3.86. The van der Waals surface area contributed by atoms with Crippen LogP contribution in [0.4, 0.5) is 5.95 Å². The van der Waals surface area contributed by atoms with Crippen molar-refractivity contribution in [1.29, 1.82) is 0 Å². The molecule has 3 aromatic rings. The zero-order chi connectivity index (χ0) is 16.5. The summed E-state index contributed by atoms with van der Waals surface area (Å²) in [6.07, 6.45) is 4.94. The predicted molar refractivity (Wildman–Crippen MR) is 91.1 cm³/mol. The van der Waals surface area contributed by atoms with Crippen LogP contribution in [-0.4, -0.2) is 42.2 Å². The van der Waals surface area contributed by atoms with Gasteiger partial charge in [0.05, 0.1) is 18.0 Å². The normalized spacial score (nSPS) is 20.6. The molecule has 1 saturated carbocycles. The Morgan fingerprint density at radius 3 is 2.79 bits per heavy atom. The highest BCUT2D eigenvalue weighted by Crippen LogP contribution is 2.22. The summed E-state index contributed by atoms with van der Waals surface area (Å²) in [6, 6.07) is 8.43. The van der Waals surface area contributed by atoms with Gasteiger partial charge < -0.3 is 10.4 Å². The number of benzene rings is 1. The fourth-order valence-corrected chi connectivity index (χ4v) is 3.12. The predicted octanol–water partition coefficient (Wildman–Crippen LogP) is 2.10. The van der Waals surface area contributed by atoms with E-state index in [0.717, 1.165) is 31.4 Å². The van der Waals surface area contributed by atoms with Gasteiger partial charge in [-0.05, 0) is 43.4 Å². The van der Waals surface area contributed by atoms with E-state index in [2.05, 4.69) is 44.7 Å². The van der Waals surface area contributed by atoms with Gasteiger partial charge >= 0.3 is 0 Å². The number of aromatic nitrogens is 5. The summed E-state index contributed by atoms with van der Waals surface area (Å²) in [5.41, 5.74) is 3.54. The highest BCUT2D eigenvalue weighted by molar-refractivity contribution is 5.72. The third-order valence-corrected chi connectivity index (χ3v) is 4.52. The van der Waals surface area contributed by atoms with Crippen molar-refractivity contribution in [2.24, 2.45) is 0 Å². The molecule has 7 nitrogen and oxygen atoms in total. The van der Waals surface area contributed by atoms with Crippen LogP contribution in [0.3, 0.4) is 0 Å². The van der Waals surface area contributed by atoms with Crippen LogP contribution >= 0.6 is 0 Å². The monoisotopic (exact) mass is 324 g/mol. The van der Waals surface area contributed by atoms with Crippen molar-refractivity contribution in [2.45, 2.75) is 44.8 Å². The van der Waals surface area contributed by atoms with Crippen LogP contribution in [0.25, 0.3) is 16.9 Å². The maximum Gasteiger partial charge on any atom is 0.225 e. The molecule has 4 rings (SSSR count). The van der Waals surface area contributed by atoms with E-state index in [1.165, 1.54) is 5.56 Å². The fourth-order valence-electron chi connectivity index (χ4n) is 3.12. The van der Waals surface area contributed by atoms with Gasteiger partial charge in [0.15, 0.2) is 11.2 Å². The lowest BCUT2D eigenvalue weighted by Crippen LogP contribution is -2.18. The van der Waals surface area contributed by atoms with Gasteiger partial charge in [-0.1, -0.05) is 24.3 Å². The first kappa shape index (κ1) is 15.0. The van der Waals surface area contributed by atoms with E-state index < -0.39 is 0 Å². The molecule has 0 radical (unpaired) electrons. The van der Waals surface area contributed by atoms with Crippen molar-refractivity contribution >= 4 is 17.1 Å². The highest BCUT2D eigenvalue weighted by Gasteiger charge is 2.23. The van der Waals surface area contributed by atoms with Crippen molar-refractivity contribution in [1.82, 2.24) is 25.0 Å². The standard InChI is InChI=1S/C17H20N6O/c1-2-11-3-6-13(7-4-11)23-16-15(21-22-23)10-18-17(20-16)19-12-5-8-14(24)9-12/h3-4,6-7,10,12,14,24H,2,5,8-9H2,1H3,(H,18,19,20)/t12-,14-/m0/s1. The van der Waals surface area contributed by atoms with Gasteiger partial charge in [-0.3, -0.25) is 0 Å². The maximum atomic E-state index is 9.65. The molecule has 1 fully saturated rings. The van der Waals surface area contributed by atoms with Gasteiger partial charge in [-0.15, -0.1) is 5.10 Å². The minimum Gasteiger partial charge on any atom is -0.393 e. The van der Waals surface area contributed by atoms with E-state index in [0.29, 0.717) is 17.1 Å². The third-order valence-electron chi connectivity index (χ3n) is 4.52. The zero-order valence-corrected chi connectivity index (χ0v) is 13.6. The summed E-state index contributed by atoms with van der Waals surface area (Å²) >= 11 is 0. The molecule has 7 heteroatoms. The lowest BCUT2D eigenvalue weighted by Gasteiger charge is -2.11. The Morgan fingerprint density at radius 1 is 1.25 bits per heavy atom. The molecule has 124 valence electrons. The second-order valence-electron chi connectivity index (χ2n) is 6.23. The van der Waals surface area contributed by atoms with Gasteiger partial charge in [-0.25, -0.2) is 4.98 Å². The number of aliphatic hydroxyl groups excluding tert-OH is 1. The number of nitrogens with zero attached hydrogens (tertiary/aromatic N) is 5. The first-order valence-electron chi connectivity index (χ1n) is 8.35. The van der Waals surface area contributed by atoms with E-state index in [1.807, 2.05) is 12.1 Å². The van der Waals surface area contributed by atoms with Gasteiger partial charge in [-0.2, -0.15) is 9.67 Å². The summed E-state index contributed by atoms with van der Waals surface area (Å²) in [4.78, 5) is 8.89. The van der Waals surface area contributed by atoms with E-state index in [4.69, 9.17) is 0 Å². The Labute approximate surface area is 139 Å². The number of rotatable bonds is 4. The average Bonchev–Trinajstić information content (AvgIpc) is 3.21. The molecule has 0 aliphatic heterocycles. The Bertz CT molecular complexity index is 844. The first-order chi connectivity index (χ1) is 11.7. The van der Waals surface area contributed by atoms with Gasteiger partial charge in [0, 0.05) is 6.04 Å². The number of aryl methyl sites for hydroxylation is 1. The number of fused-ring (bicyclic) bond motifs is 1. The molecule has 1 aliphatic carbocycles. The molecule has 2 N–H and O–H groups in total. The van der Waals surface area contributed by atoms with Crippen LogP contribution in [-0.2, 0) is 6.42 Å². The largest absolute Gasteiger partial charge is 0.393 e. The molecule has 2 heterocycles. The second-order valence-corrected chi connectivity index (χ2v) is 6.23. The molecule has 1 aliphatic rings. The van der Waals surface area contributed by atoms with E-state index in [9.17, 15) is 5.11 Å². The summed E-state index contributed by atoms with van der Waals surface area (Å²) in [7, 11) is 0. The smallest absolute Gasteiger partial charge is 0.225 e. The topological polar surface area (TPSA) is 88.8 Å². The van der Waals surface area contributed by atoms with Gasteiger partial charge in [0.1, 0.15) is 0 Å². The van der Waals surface area contributed by atoms with Crippen molar-refractivity contribution in [2.75, 3.05) is 5.32 Å². The fraction of sp³-hybridized carbons (Fsp3) is 0.412. The molecule has 2 atom stereocenters. The van der Waals surface area contributed by atoms with E-state index in [1.54, 1.807) is 10.9 Å². The molecular formula is C17H20N6O. The molecule has 0 amide bonds. The van der Waals surface area contributed by atoms with Crippen LogP contribution in [0.1, 0.15) is 31.7 Å². The molecule has 1 aromatic carbocycles. The first-order valence-corrected chi connectivity index (χ1v) is 8.35. The highest BCUT2D eigenvalue weighted by atomic mass is 16.3. The molecule has 0 spiro atoms. The lowest BCUT2D eigenvalue weighted by molar-refractivity contribution is 0.182. The zero-order valence-electron chi connectivity index (χ0n) is 13.6. The van der Waals surface area contributed by atoms with Crippen LogP contribution < -0.4 is 5.32 Å². The van der Waals surface area contributed by atoms with E-state index >= 15 is 0 Å². The summed E-state index contributed by atoms with van der Waals surface area (Å²) in [5.74, 6) is 0.551. The number of aliphatic hydroxyl groups is 1. The minimum atomic E-state index is -0.226. The van der Waals surface area contributed by atoms with Crippen LogP contribution in [0.2, 0.25) is 0 Å². The minimum absolute atomic E-state index is 0.214. The maximum absolute atomic E-state index is 9.65. The quantitative estimate of drug-likeness (QED) is 0.764. The van der Waals surface area contributed by atoms with Crippen molar-refractivity contribution < 1.29 is 5.11 Å². The molecule has 24 heavy (non-hydrogen) atoms. The van der Waals surface area contributed by atoms with E-state index in [-0.39, 0.29) is 12.1 Å². The third kappa shape index (κ3) is 2.82. The summed E-state index contributed by atoms with van der Waals surface area (Å²) in [6.45, 7) is 2.13. The van der Waals surface area contributed by atoms with Crippen LogP contribution in [0, 0.1) is 0 Å². The average molecular weight is 324 g/mol. The second kappa shape index (κ2) is 6.16. The Hall–Kier alpha value is -2.54. The van der Waals surface area contributed by atoms with Crippen LogP contribution in [0.5, 0.6) is 0 Å². The number of nitrogens with one attached hydrogen (secondary N) is 1. The molecule has 0 unspecified atom stereocenters. The van der Waals surface area contributed by atoms with Crippen molar-refractivity contribution in [3.63, 3.8) is 0 Å². The van der Waals surface area contributed by atoms with Crippen molar-refractivity contribution in [3.8, 4) is 5.69 Å². The number of hydrogen-bond donors (Lipinski definition) is 2. The summed E-state index contributed by atoms with van der Waals surface area (Å²) < 4.78 is 1.73. The Balaban J connectivity index is 1.65. The van der Waals surface area contributed by atoms with Gasteiger partial charge in [0.25, 0.3) is 0 Å². The summed E-state index contributed by atoms with van der Waals surface area (Å²) in [5, 5.41) is 21.3. The van der Waals surface area contributed by atoms with Crippen LogP contribution in [0.15, 0.2) is 30.5 Å². The molecular weight excluding hydrogens is 304 g/mol. The lowest BCUT2D eigenvalue weighted by atomic mass is 10.1. The SMILES string of the molecule is CCc1ccc(-n2nnc3cnc(N[C@H]4CC[C@H](O)C4)nc32)cc1. The van der Waals surface area contributed by atoms with Crippen molar-refractivity contribution in [3.05, 3.63) is 36.0 Å². The molecule has 0 saturated heterocycles. The number of anilines is 1. The number of hydrogen-bond acceptors (Lipinski definition) is 6. The molecule has 2 aromatic heterocycles. The Morgan fingerprint density at radius 2 is 2.08 bits per heavy atom. The van der Waals surface area contributed by atoms with Gasteiger partial charge in [0.2, 0.25) is 5.95 Å².